The van der Waals surface area contributed by atoms with Gasteiger partial charge in [0.1, 0.15) is 11.3 Å². The number of benzene rings is 1. The molecule has 0 saturated heterocycles. The molecule has 6 nitrogen and oxygen atoms in total. The zero-order valence-electron chi connectivity index (χ0n) is 10.4. The minimum absolute atomic E-state index is 0.112. The number of hydrogen-bond acceptors (Lipinski definition) is 5. The van der Waals surface area contributed by atoms with E-state index in [2.05, 4.69) is 4.74 Å². The van der Waals surface area contributed by atoms with E-state index in [1.807, 2.05) is 0 Å². The van der Waals surface area contributed by atoms with Crippen LogP contribution in [0.4, 0.5) is 18.9 Å². The molecule has 0 aliphatic rings. The van der Waals surface area contributed by atoms with Crippen molar-refractivity contribution in [1.82, 2.24) is 0 Å². The molecule has 20 heavy (non-hydrogen) atoms. The molecule has 0 heterocycles. The second-order valence-corrected chi connectivity index (χ2v) is 3.48. The number of carbonyl (C=O) groups excluding carboxylic acids is 2. The number of rotatable bonds is 3. The maximum absolute atomic E-state index is 12.1. The number of aromatic hydroxyl groups is 1. The number of phenolic OH excluding ortho intramolecular Hbond substituents is 1. The van der Waals surface area contributed by atoms with E-state index in [4.69, 9.17) is 4.74 Å². The lowest BCUT2D eigenvalue weighted by Crippen LogP contribution is -2.30. The standard InChI is InChI=1S/C11H10F3NO5/c1-19-6-4-3-5(15-10(18)11(12,13)14)8(16)7(6)9(17)20-2/h3-4,16H,1-2H3,(H,15,18). The summed E-state index contributed by atoms with van der Waals surface area (Å²) in [5, 5.41) is 11.2. The van der Waals surface area contributed by atoms with Gasteiger partial charge in [0.25, 0.3) is 0 Å². The van der Waals surface area contributed by atoms with Crippen molar-refractivity contribution in [2.45, 2.75) is 6.18 Å². The number of methoxy groups -OCH3 is 2. The molecule has 1 aromatic rings. The highest BCUT2D eigenvalue weighted by Gasteiger charge is 2.39. The van der Waals surface area contributed by atoms with Crippen LogP contribution < -0.4 is 10.1 Å². The number of carbonyl (C=O) groups is 2. The van der Waals surface area contributed by atoms with Crippen LogP contribution in [-0.2, 0) is 9.53 Å². The summed E-state index contributed by atoms with van der Waals surface area (Å²) in [6.07, 6.45) is -5.13. The van der Waals surface area contributed by atoms with Crippen LogP contribution in [0.15, 0.2) is 12.1 Å². The first-order valence-electron chi connectivity index (χ1n) is 5.08. The second kappa shape index (κ2) is 5.68. The van der Waals surface area contributed by atoms with Crippen LogP contribution in [0, 0.1) is 0 Å². The van der Waals surface area contributed by atoms with E-state index >= 15 is 0 Å². The molecule has 0 saturated carbocycles. The summed E-state index contributed by atoms with van der Waals surface area (Å²) in [7, 11) is 2.21. The topological polar surface area (TPSA) is 84.9 Å². The predicted octanol–water partition coefficient (Wildman–Crippen LogP) is 1.69. The first-order chi connectivity index (χ1) is 9.22. The Balaban J connectivity index is 3.24. The van der Waals surface area contributed by atoms with Crippen molar-refractivity contribution >= 4 is 17.6 Å². The van der Waals surface area contributed by atoms with Crippen LogP contribution in [0.25, 0.3) is 0 Å². The first-order valence-corrected chi connectivity index (χ1v) is 5.08. The molecule has 0 aliphatic heterocycles. The SMILES string of the molecule is COC(=O)c1c(OC)ccc(NC(=O)C(F)(F)F)c1O. The molecule has 1 rings (SSSR count). The third-order valence-electron chi connectivity index (χ3n) is 2.25. The molecule has 0 atom stereocenters. The third-order valence-corrected chi connectivity index (χ3v) is 2.25. The van der Waals surface area contributed by atoms with Crippen LogP contribution in [0.2, 0.25) is 0 Å². The normalized spacial score (nSPS) is 10.8. The summed E-state index contributed by atoms with van der Waals surface area (Å²) in [5.41, 5.74) is -1.08. The summed E-state index contributed by atoms with van der Waals surface area (Å²) < 4.78 is 45.5. The fourth-order valence-corrected chi connectivity index (χ4v) is 1.34. The minimum Gasteiger partial charge on any atom is -0.505 e. The zero-order chi connectivity index (χ0) is 15.5. The smallest absolute Gasteiger partial charge is 0.471 e. The van der Waals surface area contributed by atoms with Crippen molar-refractivity contribution in [1.29, 1.82) is 0 Å². The average Bonchev–Trinajstić information content (AvgIpc) is 2.38. The number of esters is 1. The van der Waals surface area contributed by atoms with Crippen molar-refractivity contribution in [2.75, 3.05) is 19.5 Å². The molecule has 0 fully saturated rings. The van der Waals surface area contributed by atoms with Gasteiger partial charge in [-0.2, -0.15) is 13.2 Å². The fourth-order valence-electron chi connectivity index (χ4n) is 1.34. The first kappa shape index (κ1) is 15.6. The Labute approximate surface area is 111 Å². The molecular formula is C11H10F3NO5. The Morgan fingerprint density at radius 2 is 1.85 bits per heavy atom. The van der Waals surface area contributed by atoms with Gasteiger partial charge in [-0.05, 0) is 12.1 Å². The molecule has 0 bridgehead atoms. The maximum Gasteiger partial charge on any atom is 0.471 e. The fraction of sp³-hybridized carbons (Fsp3) is 0.273. The lowest BCUT2D eigenvalue weighted by atomic mass is 10.1. The number of hydrogen-bond donors (Lipinski definition) is 2. The Bertz CT molecular complexity index is 542. The van der Waals surface area contributed by atoms with Gasteiger partial charge >= 0.3 is 18.1 Å². The second-order valence-electron chi connectivity index (χ2n) is 3.48. The monoisotopic (exact) mass is 293 g/mol. The Hall–Kier alpha value is -2.45. The van der Waals surface area contributed by atoms with Gasteiger partial charge in [0, 0.05) is 0 Å². The van der Waals surface area contributed by atoms with E-state index in [0.717, 1.165) is 19.2 Å². The highest BCUT2D eigenvalue weighted by atomic mass is 19.4. The highest BCUT2D eigenvalue weighted by molar-refractivity contribution is 6.01. The van der Waals surface area contributed by atoms with Crippen LogP contribution in [-0.4, -0.2) is 37.4 Å². The summed E-state index contributed by atoms with van der Waals surface area (Å²) in [4.78, 5) is 22.2. The molecule has 1 aromatic carbocycles. The Kier molecular flexibility index (Phi) is 4.43. The van der Waals surface area contributed by atoms with Gasteiger partial charge < -0.3 is 19.9 Å². The summed E-state index contributed by atoms with van der Waals surface area (Å²) in [6, 6.07) is 2.07. The van der Waals surface area contributed by atoms with Crippen molar-refractivity contribution in [3.8, 4) is 11.5 Å². The van der Waals surface area contributed by atoms with E-state index in [1.165, 1.54) is 12.4 Å². The molecule has 0 aliphatic carbocycles. The van der Waals surface area contributed by atoms with Gasteiger partial charge in [0.15, 0.2) is 5.75 Å². The van der Waals surface area contributed by atoms with Gasteiger partial charge in [0.2, 0.25) is 0 Å². The van der Waals surface area contributed by atoms with Gasteiger partial charge in [0.05, 0.1) is 19.9 Å². The molecule has 9 heteroatoms. The number of phenols is 1. The maximum atomic E-state index is 12.1. The molecular weight excluding hydrogens is 283 g/mol. The van der Waals surface area contributed by atoms with E-state index < -0.39 is 35.1 Å². The van der Waals surface area contributed by atoms with Gasteiger partial charge in [-0.25, -0.2) is 4.79 Å². The van der Waals surface area contributed by atoms with Crippen molar-refractivity contribution in [2.24, 2.45) is 0 Å². The predicted molar refractivity (Wildman–Crippen MR) is 60.7 cm³/mol. The van der Waals surface area contributed by atoms with E-state index in [-0.39, 0.29) is 5.75 Å². The molecule has 0 unspecified atom stereocenters. The number of amides is 1. The number of nitrogens with one attached hydrogen (secondary N) is 1. The van der Waals surface area contributed by atoms with Crippen molar-refractivity contribution in [3.63, 3.8) is 0 Å². The summed E-state index contributed by atoms with van der Waals surface area (Å²) in [6.45, 7) is 0. The van der Waals surface area contributed by atoms with Crippen molar-refractivity contribution in [3.05, 3.63) is 17.7 Å². The van der Waals surface area contributed by atoms with Crippen LogP contribution in [0.5, 0.6) is 11.5 Å². The average molecular weight is 293 g/mol. The number of alkyl halides is 3. The lowest BCUT2D eigenvalue weighted by Gasteiger charge is -2.14. The van der Waals surface area contributed by atoms with E-state index in [1.54, 1.807) is 0 Å². The van der Waals surface area contributed by atoms with Gasteiger partial charge in [-0.1, -0.05) is 0 Å². The highest BCUT2D eigenvalue weighted by Crippen LogP contribution is 2.36. The quantitative estimate of drug-likeness (QED) is 0.654. The molecule has 0 aromatic heterocycles. The minimum atomic E-state index is -5.13. The van der Waals surface area contributed by atoms with Crippen LogP contribution >= 0.6 is 0 Å². The number of ether oxygens (including phenoxy) is 2. The summed E-state index contributed by atoms with van der Waals surface area (Å²) >= 11 is 0. The Morgan fingerprint density at radius 1 is 1.25 bits per heavy atom. The van der Waals surface area contributed by atoms with E-state index in [9.17, 15) is 27.9 Å². The summed E-state index contributed by atoms with van der Waals surface area (Å²) in [5.74, 6) is -4.30. The number of halogens is 3. The molecule has 0 radical (unpaired) electrons. The number of anilines is 1. The third kappa shape index (κ3) is 3.11. The van der Waals surface area contributed by atoms with Crippen LogP contribution in [0.3, 0.4) is 0 Å². The van der Waals surface area contributed by atoms with E-state index in [0.29, 0.717) is 0 Å². The van der Waals surface area contributed by atoms with Gasteiger partial charge in [-0.3, -0.25) is 4.79 Å². The molecule has 110 valence electrons. The lowest BCUT2D eigenvalue weighted by molar-refractivity contribution is -0.167. The zero-order valence-corrected chi connectivity index (χ0v) is 10.4. The molecule has 2 N–H and O–H groups in total. The van der Waals surface area contributed by atoms with Gasteiger partial charge in [-0.15, -0.1) is 0 Å². The Morgan fingerprint density at radius 3 is 2.30 bits per heavy atom. The van der Waals surface area contributed by atoms with Crippen LogP contribution in [0.1, 0.15) is 10.4 Å². The van der Waals surface area contributed by atoms with Crippen molar-refractivity contribution < 1.29 is 37.3 Å². The largest absolute Gasteiger partial charge is 0.505 e. The molecule has 0 spiro atoms. The molecule has 1 amide bonds.